The number of rotatable bonds is 6. The summed E-state index contributed by atoms with van der Waals surface area (Å²) in [7, 11) is 1.95. The van der Waals surface area contributed by atoms with Crippen LogP contribution in [0.1, 0.15) is 18.2 Å². The van der Waals surface area contributed by atoms with Gasteiger partial charge in [-0.05, 0) is 37.7 Å². The average Bonchev–Trinajstić information content (AvgIpc) is 2.48. The minimum absolute atomic E-state index is 0.848. The number of hydrogen-bond donors (Lipinski definition) is 1. The van der Waals surface area contributed by atoms with Crippen molar-refractivity contribution in [2.75, 3.05) is 18.5 Å². The fourth-order valence-corrected chi connectivity index (χ4v) is 2.08. The van der Waals surface area contributed by atoms with Gasteiger partial charge in [0.1, 0.15) is 0 Å². The van der Waals surface area contributed by atoms with Gasteiger partial charge in [-0.3, -0.25) is 4.98 Å². The topological polar surface area (TPSA) is 28.2 Å². The van der Waals surface area contributed by atoms with Crippen molar-refractivity contribution in [3.05, 3.63) is 59.9 Å². The Morgan fingerprint density at radius 1 is 1.11 bits per heavy atom. The highest BCUT2D eigenvalue weighted by molar-refractivity contribution is 5.46. The monoisotopic (exact) mass is 255 g/mol. The summed E-state index contributed by atoms with van der Waals surface area (Å²) >= 11 is 0. The Balaban J connectivity index is 2.06. The molecule has 2 aromatic rings. The Morgan fingerprint density at radius 2 is 1.89 bits per heavy atom. The maximum atomic E-state index is 4.53. The highest BCUT2D eigenvalue weighted by Crippen LogP contribution is 2.15. The van der Waals surface area contributed by atoms with Gasteiger partial charge in [0.15, 0.2) is 0 Å². The summed E-state index contributed by atoms with van der Waals surface area (Å²) in [5, 5.41) is 3.13. The van der Waals surface area contributed by atoms with Gasteiger partial charge in [-0.15, -0.1) is 0 Å². The van der Waals surface area contributed by atoms with Gasteiger partial charge in [-0.2, -0.15) is 0 Å². The molecule has 0 saturated carbocycles. The van der Waals surface area contributed by atoms with Crippen LogP contribution in [-0.4, -0.2) is 18.6 Å². The molecule has 1 N–H and O–H groups in total. The number of aromatic nitrogens is 1. The summed E-state index contributed by atoms with van der Waals surface area (Å²) in [6.07, 6.45) is 1.95. The zero-order valence-electron chi connectivity index (χ0n) is 11.6. The van der Waals surface area contributed by atoms with Gasteiger partial charge in [0, 0.05) is 25.0 Å². The fourth-order valence-electron chi connectivity index (χ4n) is 2.08. The molecule has 2 rings (SSSR count). The smallest absolute Gasteiger partial charge is 0.0601 e. The van der Waals surface area contributed by atoms with Crippen LogP contribution in [0.5, 0.6) is 0 Å². The third kappa shape index (κ3) is 3.80. The zero-order chi connectivity index (χ0) is 13.5. The summed E-state index contributed by atoms with van der Waals surface area (Å²) < 4.78 is 0. The second-order valence-electron chi connectivity index (χ2n) is 4.54. The summed E-state index contributed by atoms with van der Waals surface area (Å²) in [4.78, 5) is 6.85. The predicted molar refractivity (Wildman–Crippen MR) is 80.2 cm³/mol. The molecular weight excluding hydrogens is 234 g/mol. The third-order valence-electron chi connectivity index (χ3n) is 3.12. The van der Waals surface area contributed by atoms with Crippen molar-refractivity contribution in [1.82, 2.24) is 10.3 Å². The molecule has 0 fully saturated rings. The van der Waals surface area contributed by atoms with E-state index in [1.165, 1.54) is 11.3 Å². The molecule has 0 bridgehead atoms. The number of nitrogens with one attached hydrogen (secondary N) is 1. The molecule has 1 aromatic carbocycles. The van der Waals surface area contributed by atoms with Gasteiger partial charge >= 0.3 is 0 Å². The van der Waals surface area contributed by atoms with Crippen LogP contribution in [0.2, 0.25) is 0 Å². The van der Waals surface area contributed by atoms with E-state index in [1.807, 2.05) is 19.3 Å². The molecule has 3 nitrogen and oxygen atoms in total. The maximum absolute atomic E-state index is 4.53. The number of nitrogens with zero attached hydrogens (tertiary/aromatic N) is 2. The second-order valence-corrected chi connectivity index (χ2v) is 4.54. The van der Waals surface area contributed by atoms with Gasteiger partial charge in [-0.1, -0.05) is 24.3 Å². The second kappa shape index (κ2) is 6.90. The number of para-hydroxylation sites is 1. The average molecular weight is 255 g/mol. The molecule has 0 aliphatic rings. The standard InChI is InChI=1S/C16H21N3/c1-3-19(16-7-5-4-6-8-16)13-15-10-9-14(11-17-2)12-18-15/h4-10,12,17H,3,11,13H2,1-2H3. The fraction of sp³-hybridized carbons (Fsp3) is 0.312. The Hall–Kier alpha value is -1.87. The van der Waals surface area contributed by atoms with Crippen LogP contribution in [-0.2, 0) is 13.1 Å². The van der Waals surface area contributed by atoms with Crippen molar-refractivity contribution >= 4 is 5.69 Å². The van der Waals surface area contributed by atoms with Gasteiger partial charge in [-0.25, -0.2) is 0 Å². The van der Waals surface area contributed by atoms with Crippen molar-refractivity contribution in [2.45, 2.75) is 20.0 Å². The van der Waals surface area contributed by atoms with Crippen molar-refractivity contribution < 1.29 is 0 Å². The molecule has 1 heterocycles. The summed E-state index contributed by atoms with van der Waals surface area (Å²) in [5.41, 5.74) is 3.56. The van der Waals surface area contributed by atoms with E-state index in [-0.39, 0.29) is 0 Å². The van der Waals surface area contributed by atoms with Gasteiger partial charge in [0.2, 0.25) is 0 Å². The van der Waals surface area contributed by atoms with E-state index < -0.39 is 0 Å². The number of hydrogen-bond acceptors (Lipinski definition) is 3. The van der Waals surface area contributed by atoms with Gasteiger partial charge in [0.05, 0.1) is 12.2 Å². The van der Waals surface area contributed by atoms with Crippen LogP contribution < -0.4 is 10.2 Å². The first-order valence-corrected chi connectivity index (χ1v) is 6.72. The summed E-state index contributed by atoms with van der Waals surface area (Å²) in [6, 6.07) is 14.7. The molecule has 0 atom stereocenters. The van der Waals surface area contributed by atoms with Gasteiger partial charge < -0.3 is 10.2 Å². The first-order chi connectivity index (χ1) is 9.33. The Morgan fingerprint density at radius 3 is 2.47 bits per heavy atom. The molecule has 1 aromatic heterocycles. The molecule has 0 radical (unpaired) electrons. The zero-order valence-corrected chi connectivity index (χ0v) is 11.6. The molecule has 19 heavy (non-hydrogen) atoms. The molecule has 0 unspecified atom stereocenters. The van der Waals surface area contributed by atoms with E-state index in [9.17, 15) is 0 Å². The van der Waals surface area contributed by atoms with Crippen molar-refractivity contribution in [3.63, 3.8) is 0 Å². The van der Waals surface area contributed by atoms with E-state index in [1.54, 1.807) is 0 Å². The maximum Gasteiger partial charge on any atom is 0.0601 e. The minimum atomic E-state index is 0.848. The molecular formula is C16H21N3. The van der Waals surface area contributed by atoms with E-state index in [2.05, 4.69) is 58.5 Å². The molecule has 0 aliphatic heterocycles. The van der Waals surface area contributed by atoms with Crippen LogP contribution in [0.4, 0.5) is 5.69 Å². The van der Waals surface area contributed by atoms with Crippen molar-refractivity contribution in [1.29, 1.82) is 0 Å². The number of pyridine rings is 1. The number of benzene rings is 1. The Kier molecular flexibility index (Phi) is 4.93. The molecule has 0 aliphatic carbocycles. The van der Waals surface area contributed by atoms with Crippen LogP contribution in [0.15, 0.2) is 48.7 Å². The first-order valence-electron chi connectivity index (χ1n) is 6.72. The third-order valence-corrected chi connectivity index (χ3v) is 3.12. The van der Waals surface area contributed by atoms with Crippen LogP contribution in [0, 0.1) is 0 Å². The minimum Gasteiger partial charge on any atom is -0.366 e. The molecule has 3 heteroatoms. The normalized spacial score (nSPS) is 10.4. The SMILES string of the molecule is CCN(Cc1ccc(CNC)cn1)c1ccccc1. The molecule has 100 valence electrons. The van der Waals surface area contributed by atoms with Crippen molar-refractivity contribution in [2.24, 2.45) is 0 Å². The molecule has 0 amide bonds. The van der Waals surface area contributed by atoms with Gasteiger partial charge in [0.25, 0.3) is 0 Å². The van der Waals surface area contributed by atoms with E-state index in [0.717, 1.165) is 25.3 Å². The predicted octanol–water partition coefficient (Wildman–Crippen LogP) is 2.83. The largest absolute Gasteiger partial charge is 0.366 e. The Labute approximate surface area is 115 Å². The highest BCUT2D eigenvalue weighted by atomic mass is 15.1. The highest BCUT2D eigenvalue weighted by Gasteiger charge is 2.05. The van der Waals surface area contributed by atoms with Crippen LogP contribution >= 0.6 is 0 Å². The quantitative estimate of drug-likeness (QED) is 0.860. The summed E-state index contributed by atoms with van der Waals surface area (Å²) in [5.74, 6) is 0. The van der Waals surface area contributed by atoms with E-state index in [4.69, 9.17) is 0 Å². The Bertz CT molecular complexity index is 479. The van der Waals surface area contributed by atoms with E-state index in [0.29, 0.717) is 0 Å². The van der Waals surface area contributed by atoms with E-state index >= 15 is 0 Å². The number of anilines is 1. The van der Waals surface area contributed by atoms with Crippen molar-refractivity contribution in [3.8, 4) is 0 Å². The lowest BCUT2D eigenvalue weighted by atomic mass is 10.2. The van der Waals surface area contributed by atoms with Crippen LogP contribution in [0.25, 0.3) is 0 Å². The lowest BCUT2D eigenvalue weighted by Gasteiger charge is -2.22. The molecule has 0 saturated heterocycles. The lowest BCUT2D eigenvalue weighted by molar-refractivity contribution is 0.791. The lowest BCUT2D eigenvalue weighted by Crippen LogP contribution is -2.22. The van der Waals surface area contributed by atoms with Crippen LogP contribution in [0.3, 0.4) is 0 Å². The summed E-state index contributed by atoms with van der Waals surface area (Å²) in [6.45, 7) is 4.86. The first kappa shape index (κ1) is 13.6. The molecule has 0 spiro atoms.